The first-order valence-corrected chi connectivity index (χ1v) is 7.67. The molecule has 6 heteroatoms. The van der Waals surface area contributed by atoms with Crippen LogP contribution in [0, 0.1) is 5.82 Å². The van der Waals surface area contributed by atoms with E-state index in [0.717, 1.165) is 11.3 Å². The Balaban J connectivity index is 1.87. The van der Waals surface area contributed by atoms with E-state index in [-0.39, 0.29) is 0 Å². The first-order valence-electron chi connectivity index (χ1n) is 7.67. The molecular formula is C19H19FN2O3. The number of amides is 2. The number of carbonyl (C=O) groups is 2. The molecule has 2 aromatic rings. The minimum Gasteiger partial charge on any atom is -0.497 e. The highest BCUT2D eigenvalue weighted by atomic mass is 19.1. The highest BCUT2D eigenvalue weighted by Crippen LogP contribution is 2.12. The molecule has 0 radical (unpaired) electrons. The standard InChI is InChI=1S/C19H19FN2O3/c1-13(19(24)22-16-5-3-4-15(20)12-16)21-18(23)11-8-14-6-9-17(25-2)10-7-14/h3-13H,1-2H3,(H,21,23)(H,22,24)/b11-8+. The number of anilines is 1. The normalized spacial score (nSPS) is 11.8. The summed E-state index contributed by atoms with van der Waals surface area (Å²) in [5.74, 6) is -0.560. The maximum Gasteiger partial charge on any atom is 0.246 e. The third kappa shape index (κ3) is 5.76. The smallest absolute Gasteiger partial charge is 0.246 e. The van der Waals surface area contributed by atoms with Crippen molar-refractivity contribution < 1.29 is 18.7 Å². The number of ether oxygens (including phenoxy) is 1. The third-order valence-corrected chi connectivity index (χ3v) is 3.39. The zero-order chi connectivity index (χ0) is 18.2. The Morgan fingerprint density at radius 3 is 2.52 bits per heavy atom. The number of rotatable bonds is 6. The molecule has 0 spiro atoms. The van der Waals surface area contributed by atoms with Crippen LogP contribution in [-0.2, 0) is 9.59 Å². The van der Waals surface area contributed by atoms with Crippen molar-refractivity contribution in [3.05, 3.63) is 66.0 Å². The molecule has 0 aliphatic rings. The van der Waals surface area contributed by atoms with Crippen LogP contribution in [0.25, 0.3) is 6.08 Å². The van der Waals surface area contributed by atoms with Gasteiger partial charge in [-0.3, -0.25) is 9.59 Å². The monoisotopic (exact) mass is 342 g/mol. The quantitative estimate of drug-likeness (QED) is 0.793. The Bertz CT molecular complexity index is 772. The molecule has 0 saturated carbocycles. The maximum atomic E-state index is 13.1. The number of halogens is 1. The van der Waals surface area contributed by atoms with Gasteiger partial charge in [-0.2, -0.15) is 0 Å². The van der Waals surface area contributed by atoms with Crippen molar-refractivity contribution in [2.75, 3.05) is 12.4 Å². The van der Waals surface area contributed by atoms with Crippen LogP contribution in [0.4, 0.5) is 10.1 Å². The van der Waals surface area contributed by atoms with Crippen molar-refractivity contribution in [1.29, 1.82) is 0 Å². The first kappa shape index (κ1) is 18.2. The summed E-state index contributed by atoms with van der Waals surface area (Å²) in [7, 11) is 1.58. The summed E-state index contributed by atoms with van der Waals surface area (Å²) in [6, 6.07) is 12.0. The molecular weight excluding hydrogens is 323 g/mol. The molecule has 2 N–H and O–H groups in total. The van der Waals surface area contributed by atoms with Crippen molar-refractivity contribution in [2.45, 2.75) is 13.0 Å². The largest absolute Gasteiger partial charge is 0.497 e. The lowest BCUT2D eigenvalue weighted by atomic mass is 10.2. The summed E-state index contributed by atoms with van der Waals surface area (Å²) < 4.78 is 18.2. The molecule has 0 aliphatic carbocycles. The fourth-order valence-corrected chi connectivity index (χ4v) is 2.03. The van der Waals surface area contributed by atoms with E-state index in [1.165, 1.54) is 24.3 Å². The molecule has 0 fully saturated rings. The Morgan fingerprint density at radius 1 is 1.16 bits per heavy atom. The van der Waals surface area contributed by atoms with Crippen molar-refractivity contribution in [1.82, 2.24) is 5.32 Å². The number of hydrogen-bond donors (Lipinski definition) is 2. The predicted molar refractivity (Wildman–Crippen MR) is 94.7 cm³/mol. The van der Waals surface area contributed by atoms with Crippen molar-refractivity contribution in [3.8, 4) is 5.75 Å². The van der Waals surface area contributed by atoms with Gasteiger partial charge in [0, 0.05) is 11.8 Å². The molecule has 130 valence electrons. The molecule has 0 aliphatic heterocycles. The van der Waals surface area contributed by atoms with Crippen LogP contribution < -0.4 is 15.4 Å². The van der Waals surface area contributed by atoms with E-state index in [0.29, 0.717) is 5.69 Å². The second-order valence-electron chi connectivity index (χ2n) is 5.34. The van der Waals surface area contributed by atoms with E-state index in [1.807, 2.05) is 12.1 Å². The molecule has 2 aromatic carbocycles. The van der Waals surface area contributed by atoms with Crippen LogP contribution in [-0.4, -0.2) is 25.0 Å². The minimum absolute atomic E-state index is 0.333. The summed E-state index contributed by atoms with van der Waals surface area (Å²) in [6.07, 6.45) is 2.97. The predicted octanol–water partition coefficient (Wildman–Crippen LogP) is 2.99. The Kier molecular flexibility index (Phi) is 6.28. The van der Waals surface area contributed by atoms with Crippen LogP contribution >= 0.6 is 0 Å². The van der Waals surface area contributed by atoms with Gasteiger partial charge in [0.1, 0.15) is 17.6 Å². The molecule has 1 atom stereocenters. The molecule has 2 amide bonds. The Labute approximate surface area is 145 Å². The highest BCUT2D eigenvalue weighted by Gasteiger charge is 2.14. The third-order valence-electron chi connectivity index (χ3n) is 3.39. The van der Waals surface area contributed by atoms with Crippen LogP contribution in [0.1, 0.15) is 12.5 Å². The fraction of sp³-hybridized carbons (Fsp3) is 0.158. The molecule has 25 heavy (non-hydrogen) atoms. The van der Waals surface area contributed by atoms with Gasteiger partial charge in [-0.25, -0.2) is 4.39 Å². The van der Waals surface area contributed by atoms with Crippen LogP contribution in [0.2, 0.25) is 0 Å². The zero-order valence-electron chi connectivity index (χ0n) is 14.0. The number of nitrogens with one attached hydrogen (secondary N) is 2. The second kappa shape index (κ2) is 8.63. The number of carbonyl (C=O) groups excluding carboxylic acids is 2. The summed E-state index contributed by atoms with van der Waals surface area (Å²) >= 11 is 0. The zero-order valence-corrected chi connectivity index (χ0v) is 14.0. The number of hydrogen-bond acceptors (Lipinski definition) is 3. The Hall–Kier alpha value is -3.15. The van der Waals surface area contributed by atoms with Gasteiger partial charge in [0.25, 0.3) is 0 Å². The summed E-state index contributed by atoms with van der Waals surface area (Å²) in [5.41, 5.74) is 1.16. The van der Waals surface area contributed by atoms with Gasteiger partial charge in [-0.05, 0) is 48.9 Å². The molecule has 1 unspecified atom stereocenters. The lowest BCUT2D eigenvalue weighted by molar-refractivity contribution is -0.123. The summed E-state index contributed by atoms with van der Waals surface area (Å²) in [6.45, 7) is 1.55. The first-order chi connectivity index (χ1) is 12.0. The molecule has 2 rings (SSSR count). The molecule has 0 aromatic heterocycles. The van der Waals surface area contributed by atoms with Gasteiger partial charge < -0.3 is 15.4 Å². The van der Waals surface area contributed by atoms with E-state index < -0.39 is 23.7 Å². The van der Waals surface area contributed by atoms with Gasteiger partial charge in [0.15, 0.2) is 0 Å². The topological polar surface area (TPSA) is 67.4 Å². The lowest BCUT2D eigenvalue weighted by Crippen LogP contribution is -2.40. The van der Waals surface area contributed by atoms with Crippen molar-refractivity contribution in [2.24, 2.45) is 0 Å². The maximum absolute atomic E-state index is 13.1. The van der Waals surface area contributed by atoms with E-state index in [1.54, 1.807) is 38.3 Å². The Morgan fingerprint density at radius 2 is 1.88 bits per heavy atom. The van der Waals surface area contributed by atoms with Crippen molar-refractivity contribution >= 4 is 23.6 Å². The SMILES string of the molecule is COc1ccc(/C=C/C(=O)NC(C)C(=O)Nc2cccc(F)c2)cc1. The van der Waals surface area contributed by atoms with E-state index in [2.05, 4.69) is 10.6 Å². The van der Waals surface area contributed by atoms with Gasteiger partial charge >= 0.3 is 0 Å². The average Bonchev–Trinajstić information content (AvgIpc) is 2.60. The summed E-state index contributed by atoms with van der Waals surface area (Å²) in [4.78, 5) is 23.9. The second-order valence-corrected chi connectivity index (χ2v) is 5.34. The van der Waals surface area contributed by atoms with Gasteiger partial charge in [0.2, 0.25) is 11.8 Å². The molecule has 5 nitrogen and oxygen atoms in total. The molecule has 0 bridgehead atoms. The average molecular weight is 342 g/mol. The van der Waals surface area contributed by atoms with E-state index in [9.17, 15) is 14.0 Å². The van der Waals surface area contributed by atoms with Crippen LogP contribution in [0.5, 0.6) is 5.75 Å². The molecule has 0 saturated heterocycles. The van der Waals surface area contributed by atoms with Gasteiger partial charge in [-0.15, -0.1) is 0 Å². The van der Waals surface area contributed by atoms with E-state index in [4.69, 9.17) is 4.74 Å². The fourth-order valence-electron chi connectivity index (χ4n) is 2.03. The number of methoxy groups -OCH3 is 1. The van der Waals surface area contributed by atoms with Crippen molar-refractivity contribution in [3.63, 3.8) is 0 Å². The highest BCUT2D eigenvalue weighted by molar-refractivity contribution is 5.99. The summed E-state index contributed by atoms with van der Waals surface area (Å²) in [5, 5.41) is 5.09. The van der Waals surface area contributed by atoms with E-state index >= 15 is 0 Å². The van der Waals surface area contributed by atoms with Gasteiger partial charge in [0.05, 0.1) is 7.11 Å². The minimum atomic E-state index is -0.767. The number of benzene rings is 2. The van der Waals surface area contributed by atoms with Gasteiger partial charge in [-0.1, -0.05) is 18.2 Å². The molecule has 0 heterocycles. The van der Waals surface area contributed by atoms with Crippen LogP contribution in [0.3, 0.4) is 0 Å². The van der Waals surface area contributed by atoms with Crippen LogP contribution in [0.15, 0.2) is 54.6 Å². The lowest BCUT2D eigenvalue weighted by Gasteiger charge is -2.13.